The van der Waals surface area contributed by atoms with E-state index < -0.39 is 18.1 Å². The minimum absolute atomic E-state index is 0.172. The minimum atomic E-state index is -0.618. The molecule has 0 saturated carbocycles. The fourth-order valence-corrected chi connectivity index (χ4v) is 1.88. The number of carbonyl (C=O) groups excluding carboxylic acids is 2. The van der Waals surface area contributed by atoms with E-state index in [4.69, 9.17) is 9.47 Å². The zero-order valence-electron chi connectivity index (χ0n) is 12.8. The normalized spacial score (nSPS) is 15.5. The first-order chi connectivity index (χ1) is 11.2. The van der Waals surface area contributed by atoms with Gasteiger partial charge >= 0.3 is 12.1 Å². The molecule has 1 amide bonds. The van der Waals surface area contributed by atoms with Crippen molar-refractivity contribution in [2.45, 2.75) is 19.6 Å². The highest BCUT2D eigenvalue weighted by atomic mass is 16.6. The third-order valence-electron chi connectivity index (χ3n) is 2.96. The Hall–Kier alpha value is -3.00. The van der Waals surface area contributed by atoms with Gasteiger partial charge in [0.25, 0.3) is 0 Å². The molecule has 1 aromatic rings. The zero-order chi connectivity index (χ0) is 16.5. The molecule has 0 bridgehead atoms. The van der Waals surface area contributed by atoms with Crippen molar-refractivity contribution in [1.29, 1.82) is 0 Å². The first-order valence-electron chi connectivity index (χ1n) is 7.23. The van der Waals surface area contributed by atoms with E-state index >= 15 is 0 Å². The second-order valence-electron chi connectivity index (χ2n) is 4.61. The molecule has 0 aliphatic carbocycles. The lowest BCUT2D eigenvalue weighted by Crippen LogP contribution is -2.35. The van der Waals surface area contributed by atoms with Crippen LogP contribution in [0.5, 0.6) is 0 Å². The summed E-state index contributed by atoms with van der Waals surface area (Å²) in [6.07, 6.45) is 6.20. The molecule has 118 valence electrons. The molecule has 0 aromatic heterocycles. The number of carbonyl (C=O) groups is 2. The average molecular weight is 311 g/mol. The monoisotopic (exact) mass is 311 g/mol. The number of amides is 1. The van der Waals surface area contributed by atoms with Crippen molar-refractivity contribution in [2.75, 3.05) is 6.61 Å². The van der Waals surface area contributed by atoms with Gasteiger partial charge in [0.1, 0.15) is 12.6 Å². The van der Waals surface area contributed by atoms with E-state index in [9.17, 15) is 9.59 Å². The van der Waals surface area contributed by atoms with E-state index in [0.29, 0.717) is 0 Å². The lowest BCUT2D eigenvalue weighted by molar-refractivity contribution is -0.136. The quantitative estimate of drug-likeness (QED) is 0.489. The zero-order valence-corrected chi connectivity index (χ0v) is 12.8. The first kappa shape index (κ1) is 16.4. The maximum Gasteiger partial charge on any atom is 0.415 e. The molecule has 0 unspecified atom stereocenters. The molecule has 0 N–H and O–H groups in total. The van der Waals surface area contributed by atoms with Gasteiger partial charge in [-0.15, -0.1) is 0 Å². The molecule has 1 atom stereocenters. The van der Waals surface area contributed by atoms with Gasteiger partial charge in [-0.05, 0) is 24.6 Å². The van der Waals surface area contributed by atoms with Crippen LogP contribution in [0.2, 0.25) is 0 Å². The molecule has 1 heterocycles. The number of ether oxygens (including phenoxy) is 2. The molecule has 0 saturated heterocycles. The molecular formula is C18H17NO4. The summed E-state index contributed by atoms with van der Waals surface area (Å²) in [7, 11) is 0. The van der Waals surface area contributed by atoms with Crippen molar-refractivity contribution in [1.82, 2.24) is 4.90 Å². The Morgan fingerprint density at radius 1 is 1.17 bits per heavy atom. The Morgan fingerprint density at radius 3 is 2.70 bits per heavy atom. The third-order valence-corrected chi connectivity index (χ3v) is 2.96. The Morgan fingerprint density at radius 2 is 1.96 bits per heavy atom. The van der Waals surface area contributed by atoms with Crippen molar-refractivity contribution in [3.8, 4) is 11.8 Å². The van der Waals surface area contributed by atoms with Crippen LogP contribution in [0.3, 0.4) is 0 Å². The second kappa shape index (κ2) is 8.44. The highest BCUT2D eigenvalue weighted by molar-refractivity contribution is 5.88. The van der Waals surface area contributed by atoms with Crippen molar-refractivity contribution >= 4 is 12.1 Å². The van der Waals surface area contributed by atoms with Crippen molar-refractivity contribution in [3.05, 3.63) is 60.3 Å². The average Bonchev–Trinajstić information content (AvgIpc) is 2.59. The van der Waals surface area contributed by atoms with E-state index in [1.54, 1.807) is 31.4 Å². The molecule has 0 spiro atoms. The number of rotatable bonds is 3. The van der Waals surface area contributed by atoms with Gasteiger partial charge < -0.3 is 9.47 Å². The van der Waals surface area contributed by atoms with Gasteiger partial charge in [0.05, 0.1) is 6.61 Å². The molecule has 1 aliphatic rings. The van der Waals surface area contributed by atoms with E-state index in [1.807, 2.05) is 30.3 Å². The van der Waals surface area contributed by atoms with Gasteiger partial charge in [0.2, 0.25) is 0 Å². The second-order valence-corrected chi connectivity index (χ2v) is 4.61. The Balaban J connectivity index is 1.98. The molecule has 1 aliphatic heterocycles. The molecule has 5 nitrogen and oxygen atoms in total. The van der Waals surface area contributed by atoms with Gasteiger partial charge in [-0.25, -0.2) is 9.59 Å². The summed E-state index contributed by atoms with van der Waals surface area (Å²) in [5, 5.41) is 0. The summed E-state index contributed by atoms with van der Waals surface area (Å²) in [4.78, 5) is 24.8. The smallest absolute Gasteiger partial charge is 0.415 e. The van der Waals surface area contributed by atoms with Crippen molar-refractivity contribution in [2.24, 2.45) is 0 Å². The number of benzene rings is 1. The summed E-state index contributed by atoms with van der Waals surface area (Å²) in [5.74, 6) is 4.45. The molecule has 1 aromatic carbocycles. The molecule has 23 heavy (non-hydrogen) atoms. The number of esters is 1. The van der Waals surface area contributed by atoms with Crippen LogP contribution in [-0.2, 0) is 20.9 Å². The highest BCUT2D eigenvalue weighted by Crippen LogP contribution is 2.11. The largest absolute Gasteiger partial charge is 0.456 e. The molecule has 2 rings (SSSR count). The molecule has 5 heteroatoms. The van der Waals surface area contributed by atoms with Crippen LogP contribution in [-0.4, -0.2) is 29.6 Å². The topological polar surface area (TPSA) is 55.8 Å². The van der Waals surface area contributed by atoms with E-state index in [-0.39, 0.29) is 13.2 Å². The van der Waals surface area contributed by atoms with E-state index in [0.717, 1.165) is 5.56 Å². The highest BCUT2D eigenvalue weighted by Gasteiger charge is 2.21. The van der Waals surface area contributed by atoms with Crippen LogP contribution < -0.4 is 0 Å². The fraction of sp³-hybridized carbons (Fsp3) is 0.222. The third kappa shape index (κ3) is 5.04. The maximum absolute atomic E-state index is 12.2. The van der Waals surface area contributed by atoms with Gasteiger partial charge in [0, 0.05) is 12.1 Å². The summed E-state index contributed by atoms with van der Waals surface area (Å²) < 4.78 is 10.0. The van der Waals surface area contributed by atoms with Gasteiger partial charge in [-0.2, -0.15) is 0 Å². The lowest BCUT2D eigenvalue weighted by Gasteiger charge is -2.23. The molecular weight excluding hydrogens is 294 g/mol. The van der Waals surface area contributed by atoms with Crippen LogP contribution in [0.4, 0.5) is 4.79 Å². The summed E-state index contributed by atoms with van der Waals surface area (Å²) in [6.45, 7) is 2.14. The number of allylic oxidation sites excluding steroid dienone is 2. The van der Waals surface area contributed by atoms with E-state index in [1.165, 1.54) is 4.90 Å². The summed E-state index contributed by atoms with van der Waals surface area (Å²) in [5.41, 5.74) is 0.895. The molecule has 0 radical (unpaired) electrons. The van der Waals surface area contributed by atoms with Crippen LogP contribution in [0.25, 0.3) is 0 Å². The van der Waals surface area contributed by atoms with Gasteiger partial charge in [0.15, 0.2) is 0 Å². The van der Waals surface area contributed by atoms with Crippen molar-refractivity contribution < 1.29 is 19.1 Å². The standard InChI is InChI=1S/C18H17NO4/c1-2-22-17(20)12-11-16-10-6-7-13-19(16)18(21)23-14-15-8-4-3-5-9-15/h3-10,13,16H,2,14H2,1H3/t16-/m1/s1. The minimum Gasteiger partial charge on any atom is -0.456 e. The predicted molar refractivity (Wildman–Crippen MR) is 84.9 cm³/mol. The Bertz CT molecular complexity index is 667. The predicted octanol–water partition coefficient (Wildman–Crippen LogP) is 2.64. The van der Waals surface area contributed by atoms with E-state index in [2.05, 4.69) is 11.8 Å². The lowest BCUT2D eigenvalue weighted by atomic mass is 10.2. The van der Waals surface area contributed by atoms with Gasteiger partial charge in [-0.1, -0.05) is 42.3 Å². The van der Waals surface area contributed by atoms with Crippen LogP contribution >= 0.6 is 0 Å². The fourth-order valence-electron chi connectivity index (χ4n) is 1.88. The SMILES string of the molecule is CCOC(=O)C#C[C@H]1C=CC=CN1C(=O)OCc1ccccc1. The van der Waals surface area contributed by atoms with Crippen LogP contribution in [0.1, 0.15) is 12.5 Å². The summed E-state index contributed by atoms with van der Waals surface area (Å²) >= 11 is 0. The van der Waals surface area contributed by atoms with Crippen LogP contribution in [0, 0.1) is 11.8 Å². The number of hydrogen-bond acceptors (Lipinski definition) is 4. The Labute approximate surface area is 135 Å². The first-order valence-corrected chi connectivity index (χ1v) is 7.23. The van der Waals surface area contributed by atoms with Crippen LogP contribution in [0.15, 0.2) is 54.8 Å². The maximum atomic E-state index is 12.2. The molecule has 0 fully saturated rings. The van der Waals surface area contributed by atoms with Gasteiger partial charge in [-0.3, -0.25) is 4.90 Å². The number of hydrogen-bond donors (Lipinski definition) is 0. The Kier molecular flexibility index (Phi) is 6.01. The number of nitrogens with zero attached hydrogens (tertiary/aromatic N) is 1. The summed E-state index contributed by atoms with van der Waals surface area (Å²) in [6, 6.07) is 8.83. The van der Waals surface area contributed by atoms with Crippen molar-refractivity contribution in [3.63, 3.8) is 0 Å².